The standard InChI is InChI=1S/C24H34O2/c1-3-4-5-6-7-8-9-10-11-14-19-26-24(25)23-18-17-21-15-12-13-16-22(21)20(23)2/h12-13,15-18H,3-11,14,19H2,1-2H3. The van der Waals surface area contributed by atoms with Crippen LogP contribution < -0.4 is 0 Å². The molecule has 0 aliphatic rings. The molecule has 142 valence electrons. The predicted octanol–water partition coefficient (Wildman–Crippen LogP) is 7.23. The van der Waals surface area contributed by atoms with E-state index in [1.165, 1.54) is 51.4 Å². The van der Waals surface area contributed by atoms with Crippen molar-refractivity contribution in [3.05, 3.63) is 47.5 Å². The lowest BCUT2D eigenvalue weighted by Crippen LogP contribution is -2.08. The Morgan fingerprint density at radius 1 is 0.808 bits per heavy atom. The van der Waals surface area contributed by atoms with Crippen molar-refractivity contribution in [3.8, 4) is 0 Å². The minimum atomic E-state index is -0.191. The van der Waals surface area contributed by atoms with E-state index in [1.807, 2.05) is 31.2 Å². The summed E-state index contributed by atoms with van der Waals surface area (Å²) in [6.45, 7) is 4.79. The van der Waals surface area contributed by atoms with E-state index in [1.54, 1.807) is 0 Å². The van der Waals surface area contributed by atoms with Gasteiger partial charge in [0.15, 0.2) is 0 Å². The molecule has 0 heterocycles. The zero-order valence-corrected chi connectivity index (χ0v) is 16.6. The number of aryl methyl sites for hydroxylation is 1. The van der Waals surface area contributed by atoms with Crippen LogP contribution in [0.5, 0.6) is 0 Å². The fraction of sp³-hybridized carbons (Fsp3) is 0.542. The molecule has 2 nitrogen and oxygen atoms in total. The predicted molar refractivity (Wildman–Crippen MR) is 111 cm³/mol. The average molecular weight is 355 g/mol. The monoisotopic (exact) mass is 354 g/mol. The molecule has 0 radical (unpaired) electrons. The Morgan fingerprint density at radius 3 is 2.12 bits per heavy atom. The Hall–Kier alpha value is -1.83. The van der Waals surface area contributed by atoms with Gasteiger partial charge in [-0.15, -0.1) is 0 Å². The third kappa shape index (κ3) is 6.48. The van der Waals surface area contributed by atoms with Gasteiger partial charge in [-0.25, -0.2) is 4.79 Å². The average Bonchev–Trinajstić information content (AvgIpc) is 2.66. The highest BCUT2D eigenvalue weighted by atomic mass is 16.5. The van der Waals surface area contributed by atoms with E-state index in [2.05, 4.69) is 19.1 Å². The van der Waals surface area contributed by atoms with Gasteiger partial charge in [0.25, 0.3) is 0 Å². The van der Waals surface area contributed by atoms with Crippen LogP contribution in [0.3, 0.4) is 0 Å². The molecule has 0 atom stereocenters. The molecule has 0 aliphatic carbocycles. The molecule has 0 bridgehead atoms. The Balaban J connectivity index is 1.62. The molecule has 2 aromatic rings. The quantitative estimate of drug-likeness (QED) is 0.297. The van der Waals surface area contributed by atoms with Gasteiger partial charge in [-0.05, 0) is 35.7 Å². The smallest absolute Gasteiger partial charge is 0.338 e. The highest BCUT2D eigenvalue weighted by Crippen LogP contribution is 2.22. The van der Waals surface area contributed by atoms with Crippen LogP contribution >= 0.6 is 0 Å². The number of ether oxygens (including phenoxy) is 1. The number of esters is 1. The molecular formula is C24H34O2. The van der Waals surface area contributed by atoms with Crippen molar-refractivity contribution in [3.63, 3.8) is 0 Å². The molecule has 0 N–H and O–H groups in total. The van der Waals surface area contributed by atoms with Crippen LogP contribution in [0.4, 0.5) is 0 Å². The van der Waals surface area contributed by atoms with Gasteiger partial charge < -0.3 is 4.74 Å². The van der Waals surface area contributed by atoms with Crippen LogP contribution in [0, 0.1) is 6.92 Å². The van der Waals surface area contributed by atoms with E-state index in [0.717, 1.165) is 29.2 Å². The van der Waals surface area contributed by atoms with Crippen molar-refractivity contribution in [1.82, 2.24) is 0 Å². The van der Waals surface area contributed by atoms with Crippen LogP contribution in [-0.4, -0.2) is 12.6 Å². The second-order valence-corrected chi connectivity index (χ2v) is 7.28. The summed E-state index contributed by atoms with van der Waals surface area (Å²) in [5, 5.41) is 2.29. The number of hydrogen-bond acceptors (Lipinski definition) is 2. The molecule has 0 saturated heterocycles. The van der Waals surface area contributed by atoms with Crippen LogP contribution in [0.2, 0.25) is 0 Å². The lowest BCUT2D eigenvalue weighted by molar-refractivity contribution is 0.0497. The van der Waals surface area contributed by atoms with Crippen LogP contribution in [0.1, 0.15) is 87.1 Å². The first-order chi connectivity index (χ1) is 12.7. The Bertz CT molecular complexity index is 675. The van der Waals surface area contributed by atoms with Gasteiger partial charge in [-0.2, -0.15) is 0 Å². The summed E-state index contributed by atoms with van der Waals surface area (Å²) < 4.78 is 5.49. The highest BCUT2D eigenvalue weighted by molar-refractivity contribution is 5.98. The van der Waals surface area contributed by atoms with Crippen molar-refractivity contribution < 1.29 is 9.53 Å². The summed E-state index contributed by atoms with van der Waals surface area (Å²) >= 11 is 0. The first kappa shape index (κ1) is 20.5. The Labute approximate surface area is 158 Å². The van der Waals surface area contributed by atoms with Crippen molar-refractivity contribution in [2.45, 2.75) is 78.1 Å². The maximum absolute atomic E-state index is 12.3. The number of unbranched alkanes of at least 4 members (excludes halogenated alkanes) is 9. The number of benzene rings is 2. The minimum Gasteiger partial charge on any atom is -0.462 e. The molecule has 0 unspecified atom stereocenters. The van der Waals surface area contributed by atoms with E-state index < -0.39 is 0 Å². The number of carbonyl (C=O) groups is 1. The van der Waals surface area contributed by atoms with Gasteiger partial charge in [0.2, 0.25) is 0 Å². The van der Waals surface area contributed by atoms with Gasteiger partial charge in [-0.3, -0.25) is 0 Å². The molecule has 0 amide bonds. The number of hydrogen-bond donors (Lipinski definition) is 0. The third-order valence-electron chi connectivity index (χ3n) is 5.15. The zero-order valence-electron chi connectivity index (χ0n) is 16.6. The summed E-state index contributed by atoms with van der Waals surface area (Å²) in [7, 11) is 0. The first-order valence-corrected chi connectivity index (χ1v) is 10.4. The largest absolute Gasteiger partial charge is 0.462 e. The summed E-state index contributed by atoms with van der Waals surface area (Å²) in [5.74, 6) is -0.191. The van der Waals surface area contributed by atoms with Crippen LogP contribution in [0.15, 0.2) is 36.4 Å². The van der Waals surface area contributed by atoms with E-state index in [9.17, 15) is 4.79 Å². The van der Waals surface area contributed by atoms with E-state index in [4.69, 9.17) is 4.74 Å². The molecule has 2 heteroatoms. The number of fused-ring (bicyclic) bond motifs is 1. The molecule has 0 fully saturated rings. The fourth-order valence-corrected chi connectivity index (χ4v) is 3.48. The molecule has 0 aromatic heterocycles. The third-order valence-corrected chi connectivity index (χ3v) is 5.15. The molecule has 2 aromatic carbocycles. The summed E-state index contributed by atoms with van der Waals surface area (Å²) in [6, 6.07) is 12.0. The Kier molecular flexibility index (Phi) is 9.23. The van der Waals surface area contributed by atoms with Crippen molar-refractivity contribution in [2.24, 2.45) is 0 Å². The molecule has 2 rings (SSSR count). The highest BCUT2D eigenvalue weighted by Gasteiger charge is 2.12. The second kappa shape index (κ2) is 11.7. The molecule has 0 aliphatic heterocycles. The SMILES string of the molecule is CCCCCCCCCCCCOC(=O)c1ccc2ccccc2c1C. The van der Waals surface area contributed by atoms with E-state index >= 15 is 0 Å². The zero-order chi connectivity index (χ0) is 18.6. The molecule has 26 heavy (non-hydrogen) atoms. The van der Waals surface area contributed by atoms with Gasteiger partial charge in [0.05, 0.1) is 12.2 Å². The molecule has 0 saturated carbocycles. The normalized spacial score (nSPS) is 11.0. The minimum absolute atomic E-state index is 0.191. The summed E-state index contributed by atoms with van der Waals surface area (Å²) in [6.07, 6.45) is 12.9. The maximum atomic E-state index is 12.3. The van der Waals surface area contributed by atoms with Gasteiger partial charge >= 0.3 is 5.97 Å². The second-order valence-electron chi connectivity index (χ2n) is 7.28. The first-order valence-electron chi connectivity index (χ1n) is 10.4. The van der Waals surface area contributed by atoms with Crippen LogP contribution in [0.25, 0.3) is 10.8 Å². The van der Waals surface area contributed by atoms with Gasteiger partial charge in [-0.1, -0.05) is 95.0 Å². The van der Waals surface area contributed by atoms with Gasteiger partial charge in [0.1, 0.15) is 0 Å². The topological polar surface area (TPSA) is 26.3 Å². The Morgan fingerprint density at radius 2 is 1.42 bits per heavy atom. The summed E-state index contributed by atoms with van der Waals surface area (Å²) in [5.41, 5.74) is 1.70. The van der Waals surface area contributed by atoms with Crippen molar-refractivity contribution >= 4 is 16.7 Å². The summed E-state index contributed by atoms with van der Waals surface area (Å²) in [4.78, 5) is 12.3. The fourth-order valence-electron chi connectivity index (χ4n) is 3.48. The van der Waals surface area contributed by atoms with Crippen molar-refractivity contribution in [1.29, 1.82) is 0 Å². The molecule has 0 spiro atoms. The molecular weight excluding hydrogens is 320 g/mol. The van der Waals surface area contributed by atoms with Crippen molar-refractivity contribution in [2.75, 3.05) is 6.61 Å². The number of rotatable bonds is 12. The maximum Gasteiger partial charge on any atom is 0.338 e. The lowest BCUT2D eigenvalue weighted by Gasteiger charge is -2.09. The van der Waals surface area contributed by atoms with Gasteiger partial charge in [0, 0.05) is 0 Å². The van der Waals surface area contributed by atoms with Crippen LogP contribution in [-0.2, 0) is 4.74 Å². The van der Waals surface area contributed by atoms with E-state index in [-0.39, 0.29) is 5.97 Å². The lowest BCUT2D eigenvalue weighted by atomic mass is 10.0. The number of carbonyl (C=O) groups excluding carboxylic acids is 1. The van der Waals surface area contributed by atoms with E-state index in [0.29, 0.717) is 12.2 Å².